The molecule has 2 saturated heterocycles. The van der Waals surface area contributed by atoms with E-state index in [9.17, 15) is 14.4 Å². The Labute approximate surface area is 152 Å². The number of urea groups is 1. The van der Waals surface area contributed by atoms with Gasteiger partial charge < -0.3 is 10.2 Å². The predicted molar refractivity (Wildman–Crippen MR) is 96.3 cm³/mol. The summed E-state index contributed by atoms with van der Waals surface area (Å²) in [5.74, 6) is -2.25. The molecule has 0 aromatic heterocycles. The maximum absolute atomic E-state index is 12.7. The predicted octanol–water partition coefficient (Wildman–Crippen LogP) is -2.27. The van der Waals surface area contributed by atoms with Crippen LogP contribution in [0.5, 0.6) is 0 Å². The minimum atomic E-state index is -1.07. The van der Waals surface area contributed by atoms with Crippen molar-refractivity contribution in [2.75, 3.05) is 44.2 Å². The van der Waals surface area contributed by atoms with Crippen molar-refractivity contribution in [2.24, 2.45) is 10.9 Å². The molecule has 26 heavy (non-hydrogen) atoms. The van der Waals surface area contributed by atoms with Crippen LogP contribution in [0.1, 0.15) is 5.56 Å². The van der Waals surface area contributed by atoms with Gasteiger partial charge in [0.05, 0.1) is 18.8 Å². The molecule has 0 aliphatic carbocycles. The van der Waals surface area contributed by atoms with Gasteiger partial charge in [-0.3, -0.25) is 19.9 Å². The topological polar surface area (TPSA) is 99.9 Å². The fourth-order valence-electron chi connectivity index (χ4n) is 3.27. The number of quaternary nitrogens is 2. The van der Waals surface area contributed by atoms with Crippen LogP contribution in [0.3, 0.4) is 0 Å². The number of piperazine rings is 1. The molecule has 2 fully saturated rings. The maximum Gasteiger partial charge on any atom is 0.335 e. The number of anilines is 1. The van der Waals surface area contributed by atoms with Crippen molar-refractivity contribution in [1.82, 2.24) is 5.32 Å². The zero-order valence-electron chi connectivity index (χ0n) is 14.9. The first-order valence-corrected chi connectivity index (χ1v) is 8.97. The van der Waals surface area contributed by atoms with Crippen LogP contribution in [0.4, 0.5) is 10.5 Å². The van der Waals surface area contributed by atoms with Gasteiger partial charge in [0.2, 0.25) is 5.91 Å². The van der Waals surface area contributed by atoms with E-state index in [1.165, 1.54) is 11.1 Å². The molecular weight excluding hydrogens is 334 g/mol. The van der Waals surface area contributed by atoms with E-state index >= 15 is 0 Å². The van der Waals surface area contributed by atoms with Crippen LogP contribution in [0.2, 0.25) is 0 Å². The summed E-state index contributed by atoms with van der Waals surface area (Å²) in [5, 5.41) is 4.55. The highest BCUT2D eigenvalue weighted by molar-refractivity contribution is 6.32. The van der Waals surface area contributed by atoms with Gasteiger partial charge in [-0.2, -0.15) is 0 Å². The molecule has 4 amide bonds. The minimum absolute atomic E-state index is 0.451. The van der Waals surface area contributed by atoms with Crippen molar-refractivity contribution in [2.45, 2.75) is 6.92 Å². The molecule has 1 atom stereocenters. The standard InChI is InChI=1S/C18H23N5O3/c1-13-3-2-4-14(11-13)23-17(25)15(16(24)21-18(23)26)12-20-7-10-22-8-5-19-6-9-22/h2-4,11-12,15,19H,5-10H2,1H3,(H,21,24,26)/p+2/t15-/m0/s1. The van der Waals surface area contributed by atoms with Crippen molar-refractivity contribution in [3.63, 3.8) is 0 Å². The number of barbiturate groups is 1. The highest BCUT2D eigenvalue weighted by atomic mass is 16.2. The average molecular weight is 359 g/mol. The average Bonchev–Trinajstić information content (AvgIpc) is 2.61. The summed E-state index contributed by atoms with van der Waals surface area (Å²) in [7, 11) is 0. The van der Waals surface area contributed by atoms with Gasteiger partial charge in [-0.05, 0) is 24.6 Å². The third kappa shape index (κ3) is 4.14. The molecule has 0 spiro atoms. The molecular formula is C18H25N5O3+2. The van der Waals surface area contributed by atoms with Gasteiger partial charge >= 0.3 is 6.03 Å². The number of hydrogen-bond acceptors (Lipinski definition) is 4. The molecule has 2 aliphatic rings. The zero-order chi connectivity index (χ0) is 18.5. The van der Waals surface area contributed by atoms with E-state index < -0.39 is 23.8 Å². The molecule has 0 unspecified atom stereocenters. The molecule has 138 valence electrons. The summed E-state index contributed by atoms with van der Waals surface area (Å²) in [6.45, 7) is 7.77. The Hall–Kier alpha value is -2.58. The lowest BCUT2D eigenvalue weighted by atomic mass is 10.1. The first-order valence-electron chi connectivity index (χ1n) is 8.97. The molecule has 1 aromatic carbocycles. The fourth-order valence-corrected chi connectivity index (χ4v) is 3.27. The second-order valence-corrected chi connectivity index (χ2v) is 6.71. The van der Waals surface area contributed by atoms with Crippen LogP contribution in [-0.2, 0) is 9.59 Å². The fraction of sp³-hybridized carbons (Fsp3) is 0.444. The van der Waals surface area contributed by atoms with E-state index in [1.54, 1.807) is 18.2 Å². The van der Waals surface area contributed by atoms with E-state index in [4.69, 9.17) is 0 Å². The Morgan fingerprint density at radius 2 is 2.08 bits per heavy atom. The van der Waals surface area contributed by atoms with Crippen molar-refractivity contribution in [3.8, 4) is 0 Å². The summed E-state index contributed by atoms with van der Waals surface area (Å²) in [6.07, 6.45) is 1.38. The summed E-state index contributed by atoms with van der Waals surface area (Å²) in [5.41, 5.74) is 1.37. The van der Waals surface area contributed by atoms with Crippen LogP contribution in [0, 0.1) is 12.8 Å². The third-order valence-electron chi connectivity index (χ3n) is 4.71. The van der Waals surface area contributed by atoms with Crippen molar-refractivity contribution < 1.29 is 24.6 Å². The van der Waals surface area contributed by atoms with E-state index in [1.807, 2.05) is 13.0 Å². The molecule has 0 radical (unpaired) electrons. The number of nitrogens with two attached hydrogens (primary N) is 1. The van der Waals surface area contributed by atoms with Crippen LogP contribution in [0.15, 0.2) is 29.3 Å². The Morgan fingerprint density at radius 1 is 1.31 bits per heavy atom. The van der Waals surface area contributed by atoms with Gasteiger partial charge in [0.25, 0.3) is 5.91 Å². The first kappa shape index (κ1) is 18.2. The smallest absolute Gasteiger partial charge is 0.335 e. The maximum atomic E-state index is 12.7. The van der Waals surface area contributed by atoms with Crippen LogP contribution in [0.25, 0.3) is 0 Å². The molecule has 3 rings (SSSR count). The SMILES string of the molecule is Cc1cccc(N2C(=O)NC(=O)[C@H](C=NCC[NH+]3CC[NH2+]CC3)C2=O)c1. The molecule has 8 heteroatoms. The third-order valence-corrected chi connectivity index (χ3v) is 4.71. The number of carbonyl (C=O) groups is 3. The molecule has 0 bridgehead atoms. The monoisotopic (exact) mass is 359 g/mol. The van der Waals surface area contributed by atoms with Crippen LogP contribution < -0.4 is 20.4 Å². The zero-order valence-corrected chi connectivity index (χ0v) is 14.9. The number of aryl methyl sites for hydroxylation is 1. The second kappa shape index (κ2) is 8.20. The number of benzene rings is 1. The highest BCUT2D eigenvalue weighted by Crippen LogP contribution is 2.21. The molecule has 8 nitrogen and oxygen atoms in total. The highest BCUT2D eigenvalue weighted by Gasteiger charge is 2.40. The van der Waals surface area contributed by atoms with E-state index in [0.29, 0.717) is 12.2 Å². The molecule has 1 aromatic rings. The van der Waals surface area contributed by atoms with Gasteiger partial charge in [-0.15, -0.1) is 0 Å². The van der Waals surface area contributed by atoms with Crippen molar-refractivity contribution in [1.29, 1.82) is 0 Å². The number of carbonyl (C=O) groups excluding carboxylic acids is 3. The van der Waals surface area contributed by atoms with Crippen molar-refractivity contribution in [3.05, 3.63) is 29.8 Å². The van der Waals surface area contributed by atoms with Crippen LogP contribution in [-0.4, -0.2) is 63.3 Å². The normalized spacial score (nSPS) is 22.1. The summed E-state index contributed by atoms with van der Waals surface area (Å²) < 4.78 is 0. The number of imide groups is 2. The van der Waals surface area contributed by atoms with Gasteiger partial charge in [0, 0.05) is 6.21 Å². The number of nitrogens with one attached hydrogen (secondary N) is 2. The first-order chi connectivity index (χ1) is 12.6. The largest absolute Gasteiger partial charge is 0.337 e. The number of aliphatic imine (C=N–C) groups is 1. The lowest BCUT2D eigenvalue weighted by molar-refractivity contribution is -0.945. The quantitative estimate of drug-likeness (QED) is 0.408. The number of nitrogens with zero attached hydrogens (tertiary/aromatic N) is 2. The van der Waals surface area contributed by atoms with E-state index in [0.717, 1.165) is 43.2 Å². The Morgan fingerprint density at radius 3 is 2.81 bits per heavy atom. The number of hydrogen-bond donors (Lipinski definition) is 3. The lowest BCUT2D eigenvalue weighted by Crippen LogP contribution is -3.20. The van der Waals surface area contributed by atoms with Gasteiger partial charge in [-0.1, -0.05) is 12.1 Å². The van der Waals surface area contributed by atoms with E-state index in [-0.39, 0.29) is 0 Å². The Kier molecular flexibility index (Phi) is 5.75. The summed E-state index contributed by atoms with van der Waals surface area (Å²) >= 11 is 0. The Bertz CT molecular complexity index is 727. The second-order valence-electron chi connectivity index (χ2n) is 6.71. The van der Waals surface area contributed by atoms with Crippen LogP contribution >= 0.6 is 0 Å². The molecule has 2 aliphatic heterocycles. The number of rotatable bonds is 5. The molecule has 4 N–H and O–H groups in total. The Balaban J connectivity index is 1.66. The van der Waals surface area contributed by atoms with Crippen molar-refractivity contribution >= 4 is 29.7 Å². The van der Waals surface area contributed by atoms with E-state index in [2.05, 4.69) is 15.6 Å². The lowest BCUT2D eigenvalue weighted by Gasteiger charge is -2.28. The summed E-state index contributed by atoms with van der Waals surface area (Å²) in [4.78, 5) is 43.7. The van der Waals surface area contributed by atoms with Gasteiger partial charge in [0.1, 0.15) is 26.2 Å². The molecule has 2 heterocycles. The minimum Gasteiger partial charge on any atom is -0.337 e. The molecule has 0 saturated carbocycles. The number of amides is 4. The van der Waals surface area contributed by atoms with Gasteiger partial charge in [0.15, 0.2) is 5.92 Å². The summed E-state index contributed by atoms with van der Waals surface area (Å²) in [6, 6.07) is 6.33. The van der Waals surface area contributed by atoms with Gasteiger partial charge in [-0.25, -0.2) is 9.69 Å².